The minimum Gasteiger partial charge on any atom is -0.298 e. The smallest absolute Gasteiger partial charge is 0.298 e. The first kappa shape index (κ1) is 18.8. The van der Waals surface area contributed by atoms with Gasteiger partial charge in [-0.2, -0.15) is 13.2 Å². The van der Waals surface area contributed by atoms with Crippen molar-refractivity contribution in [3.05, 3.63) is 28.3 Å². The quantitative estimate of drug-likeness (QED) is 0.734. The Labute approximate surface area is 143 Å². The van der Waals surface area contributed by atoms with E-state index in [1.54, 1.807) is 13.8 Å². The molecule has 1 aromatic carbocycles. The van der Waals surface area contributed by atoms with Crippen LogP contribution in [0.3, 0.4) is 0 Å². The van der Waals surface area contributed by atoms with Crippen LogP contribution in [-0.2, 0) is 21.8 Å². The number of fused-ring (bicyclic) bond motifs is 1. The topological polar surface area (TPSA) is 63.6 Å². The highest BCUT2D eigenvalue weighted by molar-refractivity contribution is 8.00. The van der Waals surface area contributed by atoms with Crippen molar-refractivity contribution in [3.63, 3.8) is 0 Å². The lowest BCUT2D eigenvalue weighted by molar-refractivity contribution is -0.137. The summed E-state index contributed by atoms with van der Waals surface area (Å²) in [7, 11) is -1.88. The number of ketones is 2. The van der Waals surface area contributed by atoms with Gasteiger partial charge in [-0.05, 0) is 12.1 Å². The zero-order valence-corrected chi connectivity index (χ0v) is 14.5. The van der Waals surface area contributed by atoms with Gasteiger partial charge in [0, 0.05) is 22.8 Å². The van der Waals surface area contributed by atoms with E-state index in [1.807, 2.05) is 0 Å². The third kappa shape index (κ3) is 3.30. The van der Waals surface area contributed by atoms with Gasteiger partial charge < -0.3 is 0 Å². The van der Waals surface area contributed by atoms with Crippen LogP contribution in [0, 0.1) is 11.8 Å². The van der Waals surface area contributed by atoms with Gasteiger partial charge in [0.05, 0.1) is 22.1 Å². The predicted octanol–water partition coefficient (Wildman–Crippen LogP) is 3.80. The summed E-state index contributed by atoms with van der Waals surface area (Å²) in [6, 6.07) is 1.70. The Balaban J connectivity index is 2.80. The monoisotopic (exact) mass is 379 g/mol. The molecule has 0 aliphatic carbocycles. The van der Waals surface area contributed by atoms with Gasteiger partial charge in [-0.25, -0.2) is 4.99 Å². The van der Waals surface area contributed by atoms with Crippen LogP contribution in [0.2, 0.25) is 5.02 Å². The first-order valence-electron chi connectivity index (χ1n) is 6.85. The molecule has 0 amide bonds. The molecule has 0 fully saturated rings. The fraction of sp³-hybridized carbons (Fsp3) is 0.400. The number of rotatable bonds is 2. The third-order valence-corrected chi connectivity index (χ3v) is 4.66. The van der Waals surface area contributed by atoms with Gasteiger partial charge in [-0.15, -0.1) is 0 Å². The van der Waals surface area contributed by atoms with Gasteiger partial charge in [0.25, 0.3) is 0 Å². The molecule has 2 atom stereocenters. The van der Waals surface area contributed by atoms with Crippen molar-refractivity contribution in [1.29, 1.82) is 0 Å². The zero-order chi connectivity index (χ0) is 18.4. The maximum atomic E-state index is 13.2. The van der Waals surface area contributed by atoms with Crippen molar-refractivity contribution in [2.45, 2.75) is 20.0 Å². The van der Waals surface area contributed by atoms with E-state index in [1.165, 1.54) is 6.26 Å². The highest BCUT2D eigenvalue weighted by atomic mass is 35.5. The van der Waals surface area contributed by atoms with E-state index in [0.717, 1.165) is 6.07 Å². The number of carbonyl (C=O) groups is 2. The summed E-state index contributed by atoms with van der Waals surface area (Å²) in [5.41, 5.74) is -2.23. The highest BCUT2D eigenvalue weighted by Crippen LogP contribution is 2.43. The maximum absolute atomic E-state index is 13.2. The molecule has 4 nitrogen and oxygen atoms in total. The Hall–Kier alpha value is -1.54. The molecular formula is C15H13ClF3NO3S. The second kappa shape index (κ2) is 6.40. The third-order valence-electron chi connectivity index (χ3n) is 3.52. The minimum atomic E-state index is -4.80. The zero-order valence-electron chi connectivity index (χ0n) is 12.9. The molecule has 9 heteroatoms. The van der Waals surface area contributed by atoms with E-state index < -0.39 is 51.6 Å². The van der Waals surface area contributed by atoms with Gasteiger partial charge in [0.2, 0.25) is 0 Å². The number of benzene rings is 1. The Morgan fingerprint density at radius 1 is 1.33 bits per heavy atom. The average molecular weight is 380 g/mol. The number of hydrogen-bond acceptors (Lipinski definition) is 4. The Morgan fingerprint density at radius 3 is 2.38 bits per heavy atom. The molecule has 1 aromatic rings. The molecule has 1 aliphatic heterocycles. The van der Waals surface area contributed by atoms with E-state index in [-0.39, 0.29) is 15.6 Å². The number of alkyl halides is 3. The molecule has 0 aromatic heterocycles. The first-order chi connectivity index (χ1) is 10.9. The Morgan fingerprint density at radius 2 is 1.92 bits per heavy atom. The summed E-state index contributed by atoms with van der Waals surface area (Å²) in [5, 5.41) is -0.652. The second-order valence-electron chi connectivity index (χ2n) is 5.61. The summed E-state index contributed by atoms with van der Waals surface area (Å²) in [4.78, 5) is 28.7. The number of carbonyl (C=O) groups excluding carboxylic acids is 2. The van der Waals surface area contributed by atoms with Gasteiger partial charge in [-0.3, -0.25) is 13.8 Å². The lowest BCUT2D eigenvalue weighted by atomic mass is 9.85. The molecule has 1 heterocycles. The van der Waals surface area contributed by atoms with E-state index in [0.29, 0.717) is 6.07 Å². The molecule has 0 N–H and O–H groups in total. The molecule has 2 unspecified atom stereocenters. The van der Waals surface area contributed by atoms with Crippen LogP contribution >= 0.6 is 11.6 Å². The minimum absolute atomic E-state index is 0.290. The van der Waals surface area contributed by atoms with Crippen molar-refractivity contribution in [2.75, 3.05) is 6.26 Å². The van der Waals surface area contributed by atoms with E-state index >= 15 is 0 Å². The van der Waals surface area contributed by atoms with Gasteiger partial charge in [-0.1, -0.05) is 25.4 Å². The lowest BCUT2D eigenvalue weighted by Crippen LogP contribution is -2.38. The summed E-state index contributed by atoms with van der Waals surface area (Å²) in [6.45, 7) is 3.08. The SMILES string of the molecule is CC(C)C(=O)C1C(=O)c2cc(Cl)cc(C(F)(F)F)c2N=C1S(C)=O. The molecular weight excluding hydrogens is 367 g/mol. The summed E-state index contributed by atoms with van der Waals surface area (Å²) in [6.07, 6.45) is -3.63. The average Bonchev–Trinajstić information content (AvgIpc) is 2.45. The van der Waals surface area contributed by atoms with Crippen molar-refractivity contribution in [2.24, 2.45) is 16.8 Å². The number of halogens is 4. The second-order valence-corrected chi connectivity index (χ2v) is 7.37. The fourth-order valence-corrected chi connectivity index (χ4v) is 3.37. The molecule has 0 saturated heterocycles. The van der Waals surface area contributed by atoms with Crippen molar-refractivity contribution in [3.8, 4) is 0 Å². The summed E-state index contributed by atoms with van der Waals surface area (Å²) < 4.78 is 51.5. The largest absolute Gasteiger partial charge is 0.418 e. The fourth-order valence-electron chi connectivity index (χ4n) is 2.38. The van der Waals surface area contributed by atoms with Crippen LogP contribution in [0.4, 0.5) is 18.9 Å². The molecule has 24 heavy (non-hydrogen) atoms. The summed E-state index contributed by atoms with van der Waals surface area (Å²) >= 11 is 5.70. The van der Waals surface area contributed by atoms with Gasteiger partial charge >= 0.3 is 6.18 Å². The first-order valence-corrected chi connectivity index (χ1v) is 8.79. The van der Waals surface area contributed by atoms with Gasteiger partial charge in [0.1, 0.15) is 11.0 Å². The standard InChI is InChI=1S/C15H13ClF3NO3S/c1-6(2)12(21)10-13(22)8-4-7(16)5-9(15(17,18)19)11(8)20-14(10)24(3)23/h4-6,10H,1-3H3. The lowest BCUT2D eigenvalue weighted by Gasteiger charge is -2.25. The van der Waals surface area contributed by atoms with Crippen molar-refractivity contribution < 1.29 is 27.0 Å². The maximum Gasteiger partial charge on any atom is 0.418 e. The van der Waals surface area contributed by atoms with Crippen LogP contribution in [-0.4, -0.2) is 27.1 Å². The highest BCUT2D eigenvalue weighted by Gasteiger charge is 2.43. The summed E-state index contributed by atoms with van der Waals surface area (Å²) in [5.74, 6) is -3.44. The van der Waals surface area contributed by atoms with Crippen LogP contribution in [0.25, 0.3) is 0 Å². The van der Waals surface area contributed by atoms with Crippen LogP contribution in [0.5, 0.6) is 0 Å². The van der Waals surface area contributed by atoms with Gasteiger partial charge in [0.15, 0.2) is 11.6 Å². The molecule has 0 bridgehead atoms. The molecule has 2 rings (SSSR count). The van der Waals surface area contributed by atoms with Crippen molar-refractivity contribution in [1.82, 2.24) is 0 Å². The molecule has 130 valence electrons. The Bertz CT molecular complexity index is 787. The number of Topliss-reactive ketones (excluding diaryl/α,β-unsaturated/α-hetero) is 2. The van der Waals surface area contributed by atoms with E-state index in [4.69, 9.17) is 11.6 Å². The van der Waals surface area contributed by atoms with Crippen LogP contribution < -0.4 is 0 Å². The van der Waals surface area contributed by atoms with E-state index in [2.05, 4.69) is 4.99 Å². The normalized spacial score (nSPS) is 19.1. The number of nitrogens with zero attached hydrogens (tertiary/aromatic N) is 1. The van der Waals surface area contributed by atoms with Crippen LogP contribution in [0.15, 0.2) is 17.1 Å². The molecule has 1 aliphatic rings. The Kier molecular flexibility index (Phi) is 5.01. The molecule has 0 spiro atoms. The number of aliphatic imine (C=N–C) groups is 1. The molecule has 0 radical (unpaired) electrons. The van der Waals surface area contributed by atoms with E-state index in [9.17, 15) is 27.0 Å². The predicted molar refractivity (Wildman–Crippen MR) is 85.3 cm³/mol. The van der Waals surface area contributed by atoms with Crippen LogP contribution in [0.1, 0.15) is 29.8 Å². The van der Waals surface area contributed by atoms with Crippen molar-refractivity contribution >= 4 is 44.7 Å². The molecule has 0 saturated carbocycles. The number of hydrogen-bond donors (Lipinski definition) is 0.